The number of fused-ring (bicyclic) bond motifs is 1. The number of nitrogens with zero attached hydrogens (tertiary/aromatic N) is 2. The highest BCUT2D eigenvalue weighted by Crippen LogP contribution is 2.53. The first-order valence-electron chi connectivity index (χ1n) is 12.8. The van der Waals surface area contributed by atoms with Crippen molar-refractivity contribution in [3.8, 4) is 0 Å². The lowest BCUT2D eigenvalue weighted by Gasteiger charge is -2.44. The molecule has 5 rings (SSSR count). The van der Waals surface area contributed by atoms with Gasteiger partial charge >= 0.3 is 0 Å². The molecule has 0 radical (unpaired) electrons. The van der Waals surface area contributed by atoms with Gasteiger partial charge in [-0.3, -0.25) is 9.59 Å². The second-order valence-corrected chi connectivity index (χ2v) is 11.2. The average molecular weight is 417 g/mol. The van der Waals surface area contributed by atoms with Crippen LogP contribution in [-0.2, 0) is 9.59 Å². The fraction of sp³-hybridized carbons (Fsp3) is 0.920. The Morgan fingerprint density at radius 2 is 1.43 bits per heavy atom. The lowest BCUT2D eigenvalue weighted by Crippen LogP contribution is -2.54. The van der Waals surface area contributed by atoms with Crippen molar-refractivity contribution in [2.45, 2.75) is 83.2 Å². The van der Waals surface area contributed by atoms with E-state index in [9.17, 15) is 14.7 Å². The Labute approximate surface area is 181 Å². The maximum atomic E-state index is 13.1. The number of rotatable bonds is 3. The summed E-state index contributed by atoms with van der Waals surface area (Å²) in [5.74, 6) is 5.01. The lowest BCUT2D eigenvalue weighted by atomic mass is 9.62. The van der Waals surface area contributed by atoms with Crippen molar-refractivity contribution in [3.63, 3.8) is 0 Å². The summed E-state index contributed by atoms with van der Waals surface area (Å²) in [6, 6.07) is 0. The van der Waals surface area contributed by atoms with Gasteiger partial charge in [-0.2, -0.15) is 0 Å². The molecule has 4 saturated carbocycles. The zero-order valence-corrected chi connectivity index (χ0v) is 18.7. The summed E-state index contributed by atoms with van der Waals surface area (Å²) >= 11 is 0. The van der Waals surface area contributed by atoms with Crippen LogP contribution in [0.4, 0.5) is 0 Å². The third-order valence-electron chi connectivity index (χ3n) is 9.53. The Hall–Kier alpha value is -1.10. The van der Waals surface area contributed by atoms with Crippen molar-refractivity contribution in [1.29, 1.82) is 0 Å². The molecule has 168 valence electrons. The molecule has 0 bridgehead atoms. The summed E-state index contributed by atoms with van der Waals surface area (Å²) in [6.07, 6.45) is 13.0. The normalized spacial score (nSPS) is 40.7. The molecule has 5 heteroatoms. The number of hydrogen-bond acceptors (Lipinski definition) is 3. The maximum Gasteiger partial charge on any atom is 0.254 e. The van der Waals surface area contributed by atoms with E-state index >= 15 is 0 Å². The summed E-state index contributed by atoms with van der Waals surface area (Å²) < 4.78 is 0. The van der Waals surface area contributed by atoms with Gasteiger partial charge in [0.05, 0.1) is 0 Å². The Balaban J connectivity index is 1.11. The predicted molar refractivity (Wildman–Crippen MR) is 116 cm³/mol. The highest BCUT2D eigenvalue weighted by molar-refractivity contribution is 5.88. The minimum Gasteiger partial charge on any atom is -0.380 e. The van der Waals surface area contributed by atoms with Crippen LogP contribution in [0.5, 0.6) is 0 Å². The topological polar surface area (TPSA) is 60.9 Å². The first-order chi connectivity index (χ1) is 14.5. The predicted octanol–water partition coefficient (Wildman–Crippen LogP) is 3.45. The molecule has 0 aromatic rings. The Morgan fingerprint density at radius 3 is 2.10 bits per heavy atom. The Bertz CT molecular complexity index is 657. The minimum atomic E-state index is -1.08. The van der Waals surface area contributed by atoms with Crippen LogP contribution in [0.3, 0.4) is 0 Å². The molecule has 4 aliphatic carbocycles. The van der Waals surface area contributed by atoms with Crippen LogP contribution >= 0.6 is 0 Å². The van der Waals surface area contributed by atoms with Gasteiger partial charge in [0.1, 0.15) is 5.60 Å². The Morgan fingerprint density at radius 1 is 0.800 bits per heavy atom. The zero-order valence-electron chi connectivity index (χ0n) is 18.7. The number of carbonyl (C=O) groups is 2. The fourth-order valence-electron chi connectivity index (χ4n) is 7.60. The first-order valence-corrected chi connectivity index (χ1v) is 12.8. The van der Waals surface area contributed by atoms with E-state index in [0.717, 1.165) is 42.4 Å². The van der Waals surface area contributed by atoms with E-state index in [1.807, 2.05) is 4.90 Å². The third-order valence-corrected chi connectivity index (χ3v) is 9.53. The van der Waals surface area contributed by atoms with Gasteiger partial charge in [-0.1, -0.05) is 26.2 Å². The minimum absolute atomic E-state index is 0.123. The molecular formula is C25H40N2O3. The van der Waals surface area contributed by atoms with Crippen LogP contribution in [0.15, 0.2) is 0 Å². The van der Waals surface area contributed by atoms with Gasteiger partial charge in [0.25, 0.3) is 5.91 Å². The molecule has 0 spiro atoms. The molecule has 0 aromatic heterocycles. The van der Waals surface area contributed by atoms with Crippen molar-refractivity contribution in [1.82, 2.24) is 9.80 Å². The van der Waals surface area contributed by atoms with E-state index in [2.05, 4.69) is 6.92 Å². The van der Waals surface area contributed by atoms with Crippen LogP contribution in [-0.4, -0.2) is 58.5 Å². The van der Waals surface area contributed by atoms with Crippen molar-refractivity contribution in [2.75, 3.05) is 26.2 Å². The maximum absolute atomic E-state index is 13.1. The summed E-state index contributed by atoms with van der Waals surface area (Å²) in [7, 11) is 0. The van der Waals surface area contributed by atoms with Gasteiger partial charge in [0.15, 0.2) is 0 Å². The highest BCUT2D eigenvalue weighted by Gasteiger charge is 2.50. The van der Waals surface area contributed by atoms with E-state index in [4.69, 9.17) is 0 Å². The summed E-state index contributed by atoms with van der Waals surface area (Å²) in [4.78, 5) is 29.2. The number of piperazine rings is 1. The molecule has 1 N–H and O–H groups in total. The molecule has 5 aliphatic rings. The standard InChI is InChI=1S/C25H40N2O3/c1-17-5-6-19-3-2-4-21(22(17)19)18-7-9-20(10-8-18)23(28)26-13-15-27(16-14-26)24(29)25(30)11-12-25/h17-22,30H,2-16H2,1H3. The van der Waals surface area contributed by atoms with E-state index in [1.165, 1.54) is 44.9 Å². The molecule has 4 unspecified atom stereocenters. The zero-order chi connectivity index (χ0) is 20.9. The summed E-state index contributed by atoms with van der Waals surface area (Å²) in [5, 5.41) is 10.1. The monoisotopic (exact) mass is 416 g/mol. The number of carbonyl (C=O) groups excluding carboxylic acids is 2. The molecular weight excluding hydrogens is 376 g/mol. The van der Waals surface area contributed by atoms with E-state index < -0.39 is 5.60 Å². The van der Waals surface area contributed by atoms with Crippen molar-refractivity contribution < 1.29 is 14.7 Å². The quantitative estimate of drug-likeness (QED) is 0.767. The number of hydrogen-bond donors (Lipinski definition) is 1. The molecule has 1 aliphatic heterocycles. The third kappa shape index (κ3) is 3.80. The molecule has 0 aromatic carbocycles. The molecule has 4 atom stereocenters. The highest BCUT2D eigenvalue weighted by atomic mass is 16.3. The van der Waals surface area contributed by atoms with Crippen LogP contribution in [0.25, 0.3) is 0 Å². The number of amides is 2. The Kier molecular flexibility index (Phi) is 5.62. The number of aliphatic hydroxyl groups is 1. The van der Waals surface area contributed by atoms with Gasteiger partial charge in [-0.15, -0.1) is 0 Å². The summed E-state index contributed by atoms with van der Waals surface area (Å²) in [5.41, 5.74) is -1.08. The average Bonchev–Trinajstić information content (AvgIpc) is 3.43. The van der Waals surface area contributed by atoms with Crippen LogP contribution in [0, 0.1) is 35.5 Å². The SMILES string of the molecule is CC1CCC2CCCC(C3CCC(C(=O)N4CCN(C(=O)C5(O)CC5)CC4)CC3)C12. The summed E-state index contributed by atoms with van der Waals surface area (Å²) in [6.45, 7) is 4.90. The molecule has 1 heterocycles. The van der Waals surface area contributed by atoms with Crippen molar-refractivity contribution >= 4 is 11.8 Å². The van der Waals surface area contributed by atoms with Crippen LogP contribution in [0.1, 0.15) is 77.6 Å². The molecule has 5 nitrogen and oxygen atoms in total. The van der Waals surface area contributed by atoms with Crippen molar-refractivity contribution in [3.05, 3.63) is 0 Å². The van der Waals surface area contributed by atoms with Gasteiger partial charge < -0.3 is 14.9 Å². The van der Waals surface area contributed by atoms with E-state index in [-0.39, 0.29) is 11.8 Å². The molecule has 2 amide bonds. The van der Waals surface area contributed by atoms with Crippen molar-refractivity contribution in [2.24, 2.45) is 35.5 Å². The fourth-order valence-corrected chi connectivity index (χ4v) is 7.60. The smallest absolute Gasteiger partial charge is 0.254 e. The second kappa shape index (κ2) is 8.11. The van der Waals surface area contributed by atoms with Gasteiger partial charge in [-0.25, -0.2) is 0 Å². The second-order valence-electron chi connectivity index (χ2n) is 11.2. The van der Waals surface area contributed by atoms with Gasteiger partial charge in [0, 0.05) is 32.1 Å². The first kappa shape index (κ1) is 20.8. The van der Waals surface area contributed by atoms with E-state index in [0.29, 0.717) is 44.9 Å². The van der Waals surface area contributed by atoms with Gasteiger partial charge in [0.2, 0.25) is 5.91 Å². The van der Waals surface area contributed by atoms with Gasteiger partial charge in [-0.05, 0) is 81.0 Å². The van der Waals surface area contributed by atoms with Crippen LogP contribution in [0.2, 0.25) is 0 Å². The molecule has 1 saturated heterocycles. The molecule has 5 fully saturated rings. The molecule has 30 heavy (non-hydrogen) atoms. The van der Waals surface area contributed by atoms with E-state index in [1.54, 1.807) is 4.90 Å². The van der Waals surface area contributed by atoms with Crippen LogP contribution < -0.4 is 0 Å². The largest absolute Gasteiger partial charge is 0.380 e. The lowest BCUT2D eigenvalue weighted by molar-refractivity contribution is -0.148.